The Morgan fingerprint density at radius 1 is 1.28 bits per heavy atom. The molecule has 0 radical (unpaired) electrons. The van der Waals surface area contributed by atoms with Crippen molar-refractivity contribution in [3.63, 3.8) is 0 Å². The molecule has 32 heavy (non-hydrogen) atoms. The molecule has 1 aromatic heterocycles. The highest BCUT2D eigenvalue weighted by Gasteiger charge is 2.43. The number of fused-ring (bicyclic) bond motifs is 3. The molecule has 0 bridgehead atoms. The summed E-state index contributed by atoms with van der Waals surface area (Å²) in [4.78, 5) is 25.3. The zero-order valence-corrected chi connectivity index (χ0v) is 19.1. The average molecular weight is 439 g/mol. The van der Waals surface area contributed by atoms with E-state index in [1.165, 1.54) is 11.0 Å². The minimum absolute atomic E-state index is 0.0343. The van der Waals surface area contributed by atoms with E-state index in [1.807, 2.05) is 50.2 Å². The Morgan fingerprint density at radius 2 is 2.06 bits per heavy atom. The van der Waals surface area contributed by atoms with Gasteiger partial charge in [0.15, 0.2) is 5.84 Å². The molecular formula is C24H31FN6O. The van der Waals surface area contributed by atoms with Crippen molar-refractivity contribution in [3.05, 3.63) is 60.2 Å². The summed E-state index contributed by atoms with van der Waals surface area (Å²) in [6.45, 7) is 2.70. The van der Waals surface area contributed by atoms with Gasteiger partial charge < -0.3 is 19.7 Å². The van der Waals surface area contributed by atoms with Crippen LogP contribution in [0.2, 0.25) is 0 Å². The number of hydrogen-bond donors (Lipinski definition) is 1. The lowest BCUT2D eigenvalue weighted by Gasteiger charge is -2.43. The summed E-state index contributed by atoms with van der Waals surface area (Å²) in [5, 5.41) is 3.41. The number of nitrogens with one attached hydrogen (secondary N) is 1. The van der Waals surface area contributed by atoms with Gasteiger partial charge in [-0.05, 0) is 39.1 Å². The molecule has 2 heterocycles. The van der Waals surface area contributed by atoms with Crippen LogP contribution in [0.5, 0.6) is 0 Å². The molecule has 1 aromatic carbocycles. The maximum Gasteiger partial charge on any atom is 0.246 e. The second kappa shape index (κ2) is 9.24. The van der Waals surface area contributed by atoms with Crippen molar-refractivity contribution in [1.29, 1.82) is 0 Å². The SMILES string of the molecule is Cc1ccccc1NC1=NC2CC(F)C(N(C)C(=O)C=CCN(C)C)CC2n2cncc21. The normalized spacial score (nSPS) is 24.8. The molecule has 1 N–H and O–H groups in total. The van der Waals surface area contributed by atoms with Gasteiger partial charge in [0.1, 0.15) is 11.9 Å². The van der Waals surface area contributed by atoms with E-state index in [9.17, 15) is 4.79 Å². The van der Waals surface area contributed by atoms with Crippen LogP contribution in [-0.4, -0.2) is 77.0 Å². The molecule has 1 aliphatic carbocycles. The van der Waals surface area contributed by atoms with Crippen LogP contribution >= 0.6 is 0 Å². The van der Waals surface area contributed by atoms with E-state index >= 15 is 4.39 Å². The van der Waals surface area contributed by atoms with Gasteiger partial charge >= 0.3 is 0 Å². The molecule has 4 rings (SSSR count). The van der Waals surface area contributed by atoms with Crippen LogP contribution in [-0.2, 0) is 4.79 Å². The fraction of sp³-hybridized carbons (Fsp3) is 0.458. The average Bonchev–Trinajstić information content (AvgIpc) is 3.24. The van der Waals surface area contributed by atoms with Crippen LogP contribution < -0.4 is 5.32 Å². The highest BCUT2D eigenvalue weighted by molar-refractivity contribution is 6.08. The highest BCUT2D eigenvalue weighted by atomic mass is 19.1. The molecule has 8 heteroatoms. The topological polar surface area (TPSA) is 65.8 Å². The number of para-hydroxylation sites is 1. The minimum atomic E-state index is -1.14. The van der Waals surface area contributed by atoms with E-state index in [0.29, 0.717) is 18.8 Å². The highest BCUT2D eigenvalue weighted by Crippen LogP contribution is 2.38. The molecule has 7 nitrogen and oxygen atoms in total. The molecule has 4 atom stereocenters. The number of alkyl halides is 1. The molecule has 0 saturated heterocycles. The first-order valence-electron chi connectivity index (χ1n) is 11.0. The lowest BCUT2D eigenvalue weighted by Crippen LogP contribution is -2.51. The number of carbonyl (C=O) groups excluding carboxylic acids is 1. The van der Waals surface area contributed by atoms with E-state index in [-0.39, 0.29) is 24.4 Å². The van der Waals surface area contributed by atoms with Crippen molar-refractivity contribution in [2.45, 2.75) is 44.1 Å². The monoisotopic (exact) mass is 438 g/mol. The van der Waals surface area contributed by atoms with Gasteiger partial charge in [-0.15, -0.1) is 0 Å². The van der Waals surface area contributed by atoms with Crippen LogP contribution in [0.1, 0.15) is 30.1 Å². The van der Waals surface area contributed by atoms with Crippen LogP contribution in [0.3, 0.4) is 0 Å². The van der Waals surface area contributed by atoms with Gasteiger partial charge in [-0.25, -0.2) is 9.37 Å². The Hall–Kier alpha value is -3.00. The maximum absolute atomic E-state index is 15.3. The number of benzene rings is 1. The third kappa shape index (κ3) is 4.46. The molecule has 1 amide bonds. The number of nitrogens with zero attached hydrogens (tertiary/aromatic N) is 5. The molecule has 170 valence electrons. The molecule has 2 aromatic rings. The number of imidazole rings is 1. The van der Waals surface area contributed by atoms with Crippen molar-refractivity contribution in [2.75, 3.05) is 33.0 Å². The first-order valence-corrected chi connectivity index (χ1v) is 11.0. The fourth-order valence-electron chi connectivity index (χ4n) is 4.50. The zero-order valence-electron chi connectivity index (χ0n) is 19.1. The van der Waals surface area contributed by atoms with Gasteiger partial charge in [-0.3, -0.25) is 9.79 Å². The van der Waals surface area contributed by atoms with Crippen molar-refractivity contribution < 1.29 is 9.18 Å². The summed E-state index contributed by atoms with van der Waals surface area (Å²) in [7, 11) is 5.56. The zero-order chi connectivity index (χ0) is 22.8. The molecule has 1 saturated carbocycles. The number of aromatic nitrogens is 2. The first kappa shape index (κ1) is 22.2. The van der Waals surface area contributed by atoms with Gasteiger partial charge in [0.2, 0.25) is 5.91 Å². The third-order valence-electron chi connectivity index (χ3n) is 6.35. The number of carbonyl (C=O) groups is 1. The Bertz CT molecular complexity index is 1030. The summed E-state index contributed by atoms with van der Waals surface area (Å²) in [5.74, 6) is 0.532. The maximum atomic E-state index is 15.3. The van der Waals surface area contributed by atoms with E-state index in [0.717, 1.165) is 16.9 Å². The summed E-state index contributed by atoms with van der Waals surface area (Å²) < 4.78 is 17.3. The predicted octanol–water partition coefficient (Wildman–Crippen LogP) is 3.05. The van der Waals surface area contributed by atoms with E-state index in [2.05, 4.69) is 14.9 Å². The number of aryl methyl sites for hydroxylation is 1. The van der Waals surface area contributed by atoms with E-state index in [1.54, 1.807) is 25.6 Å². The molecular weight excluding hydrogens is 407 g/mol. The Balaban J connectivity index is 1.54. The van der Waals surface area contributed by atoms with Gasteiger partial charge in [-0.1, -0.05) is 24.3 Å². The van der Waals surface area contributed by atoms with Crippen LogP contribution in [0.4, 0.5) is 10.1 Å². The largest absolute Gasteiger partial charge is 0.339 e. The second-order valence-corrected chi connectivity index (χ2v) is 8.91. The standard InChI is InChI=1S/C24H31FN6O/c1-16-8-5-6-9-18(16)27-24-22-14-26-15-31(22)21-13-20(17(25)12-19(21)28-24)30(4)23(32)10-7-11-29(2)3/h5-10,14-15,17,19-21H,11-13H2,1-4H3,(H,27,28). The van der Waals surface area contributed by atoms with Crippen molar-refractivity contribution >= 4 is 17.4 Å². The lowest BCUT2D eigenvalue weighted by atomic mass is 9.83. The number of hydrogen-bond acceptors (Lipinski definition) is 5. The van der Waals surface area contributed by atoms with Crippen LogP contribution in [0.25, 0.3) is 0 Å². The van der Waals surface area contributed by atoms with E-state index < -0.39 is 12.2 Å². The number of amidine groups is 1. The van der Waals surface area contributed by atoms with Gasteiger partial charge in [0, 0.05) is 31.8 Å². The van der Waals surface area contributed by atoms with Crippen LogP contribution in [0, 0.1) is 6.92 Å². The number of halogens is 1. The van der Waals surface area contributed by atoms with Crippen LogP contribution in [0.15, 0.2) is 53.9 Å². The number of amides is 1. The van der Waals surface area contributed by atoms with E-state index in [4.69, 9.17) is 4.99 Å². The van der Waals surface area contributed by atoms with Crippen molar-refractivity contribution in [2.24, 2.45) is 4.99 Å². The fourth-order valence-corrected chi connectivity index (χ4v) is 4.50. The summed E-state index contributed by atoms with van der Waals surface area (Å²) >= 11 is 0. The number of anilines is 1. The molecule has 0 spiro atoms. The summed E-state index contributed by atoms with van der Waals surface area (Å²) in [6, 6.07) is 7.27. The number of rotatable bonds is 5. The predicted molar refractivity (Wildman–Crippen MR) is 125 cm³/mol. The Kier molecular flexibility index (Phi) is 6.41. The van der Waals surface area contributed by atoms with Crippen molar-refractivity contribution in [1.82, 2.24) is 19.4 Å². The molecule has 1 fully saturated rings. The van der Waals surface area contributed by atoms with Gasteiger partial charge in [-0.2, -0.15) is 0 Å². The second-order valence-electron chi connectivity index (χ2n) is 8.91. The summed E-state index contributed by atoms with van der Waals surface area (Å²) in [5.41, 5.74) is 2.96. The first-order chi connectivity index (χ1) is 15.3. The Morgan fingerprint density at radius 3 is 2.81 bits per heavy atom. The molecule has 4 unspecified atom stereocenters. The van der Waals surface area contributed by atoms with Crippen molar-refractivity contribution in [3.8, 4) is 0 Å². The number of likely N-dealkylation sites (N-methyl/N-ethyl adjacent to an activating group) is 2. The van der Waals surface area contributed by atoms with Gasteiger partial charge in [0.25, 0.3) is 0 Å². The third-order valence-corrected chi connectivity index (χ3v) is 6.35. The smallest absolute Gasteiger partial charge is 0.246 e. The Labute approximate surface area is 188 Å². The summed E-state index contributed by atoms with van der Waals surface area (Å²) in [6.07, 6.45) is 6.54. The molecule has 1 aliphatic heterocycles. The minimum Gasteiger partial charge on any atom is -0.339 e. The lowest BCUT2D eigenvalue weighted by molar-refractivity contribution is -0.129. The number of aliphatic imine (C=N–C) groups is 1. The quantitative estimate of drug-likeness (QED) is 0.729. The van der Waals surface area contributed by atoms with Gasteiger partial charge in [0.05, 0.1) is 30.6 Å². The molecule has 2 aliphatic rings.